The summed E-state index contributed by atoms with van der Waals surface area (Å²) in [6.45, 7) is 7.60. The first kappa shape index (κ1) is 21.2. The Morgan fingerprint density at radius 1 is 0.967 bits per heavy atom. The topological polar surface area (TPSA) is 82.8 Å². The number of amides is 1. The summed E-state index contributed by atoms with van der Waals surface area (Å²) in [5.74, 6) is 2.22. The van der Waals surface area contributed by atoms with Crippen molar-refractivity contribution in [3.63, 3.8) is 0 Å². The molecule has 0 aliphatic carbocycles. The molecular formula is C23H26N2O5. The number of oxazole rings is 1. The molecule has 0 aliphatic rings. The lowest BCUT2D eigenvalue weighted by Crippen LogP contribution is -2.22. The highest BCUT2D eigenvalue weighted by Crippen LogP contribution is 2.32. The van der Waals surface area contributed by atoms with Gasteiger partial charge in [0.1, 0.15) is 12.0 Å². The fourth-order valence-electron chi connectivity index (χ4n) is 2.87. The van der Waals surface area contributed by atoms with Gasteiger partial charge in [-0.2, -0.15) is 0 Å². The van der Waals surface area contributed by atoms with Crippen LogP contribution in [-0.4, -0.2) is 30.7 Å². The van der Waals surface area contributed by atoms with Crippen molar-refractivity contribution in [2.24, 2.45) is 0 Å². The number of ether oxygens (including phenoxy) is 3. The van der Waals surface area contributed by atoms with Crippen molar-refractivity contribution in [2.75, 3.05) is 19.8 Å². The average molecular weight is 410 g/mol. The molecule has 30 heavy (non-hydrogen) atoms. The van der Waals surface area contributed by atoms with E-state index in [1.807, 2.05) is 45.0 Å². The van der Waals surface area contributed by atoms with Crippen LogP contribution in [0.15, 0.2) is 53.1 Å². The number of carbonyl (C=O) groups excluding carboxylic acids is 1. The third-order valence-corrected chi connectivity index (χ3v) is 4.18. The first-order valence-electron chi connectivity index (χ1n) is 10.00. The van der Waals surface area contributed by atoms with Crippen LogP contribution in [0.4, 0.5) is 0 Å². The summed E-state index contributed by atoms with van der Waals surface area (Å²) in [5, 5.41) is 2.85. The van der Waals surface area contributed by atoms with Gasteiger partial charge in [0.2, 0.25) is 5.89 Å². The second-order valence-electron chi connectivity index (χ2n) is 6.32. The van der Waals surface area contributed by atoms with Crippen molar-refractivity contribution >= 4 is 5.91 Å². The van der Waals surface area contributed by atoms with Crippen LogP contribution in [0.5, 0.6) is 17.2 Å². The first-order valence-corrected chi connectivity index (χ1v) is 10.00. The predicted octanol–water partition coefficient (Wildman–Crippen LogP) is 4.47. The summed E-state index contributed by atoms with van der Waals surface area (Å²) >= 11 is 0. The lowest BCUT2D eigenvalue weighted by molar-refractivity contribution is 0.0950. The summed E-state index contributed by atoms with van der Waals surface area (Å²) < 4.78 is 22.3. The molecular weight excluding hydrogens is 384 g/mol. The second kappa shape index (κ2) is 10.3. The number of rotatable bonds is 10. The van der Waals surface area contributed by atoms with Gasteiger partial charge in [-0.3, -0.25) is 4.79 Å². The Balaban J connectivity index is 1.67. The molecule has 2 aromatic carbocycles. The molecule has 0 aliphatic heterocycles. The Hall–Kier alpha value is -3.48. The Kier molecular flexibility index (Phi) is 7.32. The molecule has 1 aromatic heterocycles. The molecule has 0 radical (unpaired) electrons. The van der Waals surface area contributed by atoms with Crippen molar-refractivity contribution in [1.82, 2.24) is 10.3 Å². The number of hydrogen-bond acceptors (Lipinski definition) is 6. The number of aromatic nitrogens is 1. The second-order valence-corrected chi connectivity index (χ2v) is 6.32. The molecule has 0 saturated heterocycles. The van der Waals surface area contributed by atoms with Crippen LogP contribution in [0.3, 0.4) is 0 Å². The summed E-state index contributed by atoms with van der Waals surface area (Å²) in [5.41, 5.74) is 1.91. The molecule has 0 unspecified atom stereocenters. The molecule has 1 N–H and O–H groups in total. The summed E-state index contributed by atoms with van der Waals surface area (Å²) in [6.07, 6.45) is 1.53. The van der Waals surface area contributed by atoms with E-state index in [4.69, 9.17) is 18.6 Å². The number of benzene rings is 2. The van der Waals surface area contributed by atoms with E-state index in [1.54, 1.807) is 18.2 Å². The summed E-state index contributed by atoms with van der Waals surface area (Å²) in [6, 6.07) is 12.6. The molecule has 3 rings (SSSR count). The van der Waals surface area contributed by atoms with E-state index in [2.05, 4.69) is 10.3 Å². The molecule has 1 amide bonds. The largest absolute Gasteiger partial charge is 0.494 e. The zero-order chi connectivity index (χ0) is 21.3. The maximum absolute atomic E-state index is 12.4. The minimum absolute atomic E-state index is 0.208. The quantitative estimate of drug-likeness (QED) is 0.531. The van der Waals surface area contributed by atoms with E-state index < -0.39 is 0 Å². The third kappa shape index (κ3) is 5.31. The van der Waals surface area contributed by atoms with Crippen molar-refractivity contribution in [3.05, 3.63) is 60.0 Å². The molecule has 3 aromatic rings. The molecule has 0 bridgehead atoms. The normalized spacial score (nSPS) is 10.5. The Morgan fingerprint density at radius 2 is 1.73 bits per heavy atom. The number of nitrogens with zero attached hydrogens (tertiary/aromatic N) is 1. The van der Waals surface area contributed by atoms with Crippen molar-refractivity contribution < 1.29 is 23.4 Å². The highest BCUT2D eigenvalue weighted by atomic mass is 16.5. The number of hydrogen-bond donors (Lipinski definition) is 1. The smallest absolute Gasteiger partial charge is 0.251 e. The van der Waals surface area contributed by atoms with Gasteiger partial charge in [0.25, 0.3) is 5.91 Å². The SMILES string of the molecule is CCOc1cccc(C(=O)NCc2coc(-c3ccc(OCC)c(OCC)c3)n2)c1. The monoisotopic (exact) mass is 410 g/mol. The highest BCUT2D eigenvalue weighted by Gasteiger charge is 2.13. The maximum Gasteiger partial charge on any atom is 0.251 e. The van der Waals surface area contributed by atoms with Gasteiger partial charge < -0.3 is 23.9 Å². The Morgan fingerprint density at radius 3 is 2.50 bits per heavy atom. The molecule has 1 heterocycles. The Labute approximate surface area is 176 Å². The molecule has 0 saturated carbocycles. The molecule has 7 nitrogen and oxygen atoms in total. The van der Waals surface area contributed by atoms with Gasteiger partial charge in [-0.05, 0) is 57.2 Å². The number of nitrogens with one attached hydrogen (secondary N) is 1. The van der Waals surface area contributed by atoms with E-state index >= 15 is 0 Å². The van der Waals surface area contributed by atoms with Gasteiger partial charge in [0.05, 0.1) is 32.1 Å². The first-order chi connectivity index (χ1) is 14.6. The lowest BCUT2D eigenvalue weighted by Gasteiger charge is -2.11. The highest BCUT2D eigenvalue weighted by molar-refractivity contribution is 5.94. The molecule has 0 atom stereocenters. The third-order valence-electron chi connectivity index (χ3n) is 4.18. The van der Waals surface area contributed by atoms with Gasteiger partial charge in [-0.15, -0.1) is 0 Å². The van der Waals surface area contributed by atoms with Crippen LogP contribution < -0.4 is 19.5 Å². The van der Waals surface area contributed by atoms with E-state index in [0.29, 0.717) is 54.2 Å². The van der Waals surface area contributed by atoms with Crippen LogP contribution in [0, 0.1) is 0 Å². The summed E-state index contributed by atoms with van der Waals surface area (Å²) in [7, 11) is 0. The van der Waals surface area contributed by atoms with Crippen LogP contribution >= 0.6 is 0 Å². The summed E-state index contributed by atoms with van der Waals surface area (Å²) in [4.78, 5) is 16.9. The predicted molar refractivity (Wildman–Crippen MR) is 113 cm³/mol. The van der Waals surface area contributed by atoms with Gasteiger partial charge in [-0.25, -0.2) is 4.98 Å². The zero-order valence-electron chi connectivity index (χ0n) is 17.4. The minimum atomic E-state index is -0.208. The van der Waals surface area contributed by atoms with E-state index in [-0.39, 0.29) is 12.5 Å². The standard InChI is InChI=1S/C23H26N2O5/c1-4-27-19-9-7-8-16(12-19)22(26)24-14-18-15-30-23(25-18)17-10-11-20(28-5-2)21(13-17)29-6-3/h7-13,15H,4-6,14H2,1-3H3,(H,24,26). The minimum Gasteiger partial charge on any atom is -0.494 e. The maximum atomic E-state index is 12.4. The van der Waals surface area contributed by atoms with Crippen LogP contribution in [0.1, 0.15) is 36.8 Å². The van der Waals surface area contributed by atoms with Crippen LogP contribution in [0.25, 0.3) is 11.5 Å². The fourth-order valence-corrected chi connectivity index (χ4v) is 2.87. The molecule has 158 valence electrons. The van der Waals surface area contributed by atoms with E-state index in [0.717, 1.165) is 5.56 Å². The van der Waals surface area contributed by atoms with Gasteiger partial charge >= 0.3 is 0 Å². The van der Waals surface area contributed by atoms with E-state index in [1.165, 1.54) is 6.26 Å². The van der Waals surface area contributed by atoms with Crippen molar-refractivity contribution in [1.29, 1.82) is 0 Å². The van der Waals surface area contributed by atoms with Crippen LogP contribution in [-0.2, 0) is 6.54 Å². The van der Waals surface area contributed by atoms with E-state index in [9.17, 15) is 4.79 Å². The number of carbonyl (C=O) groups is 1. The van der Waals surface area contributed by atoms with Gasteiger partial charge in [-0.1, -0.05) is 6.07 Å². The van der Waals surface area contributed by atoms with Gasteiger partial charge in [0, 0.05) is 11.1 Å². The fraction of sp³-hybridized carbons (Fsp3) is 0.304. The molecule has 7 heteroatoms. The lowest BCUT2D eigenvalue weighted by atomic mass is 10.2. The Bertz CT molecular complexity index is 983. The zero-order valence-corrected chi connectivity index (χ0v) is 17.4. The van der Waals surface area contributed by atoms with Crippen LogP contribution in [0.2, 0.25) is 0 Å². The van der Waals surface area contributed by atoms with Crippen molar-refractivity contribution in [3.8, 4) is 28.7 Å². The molecule has 0 fully saturated rings. The van der Waals surface area contributed by atoms with Gasteiger partial charge in [0.15, 0.2) is 11.5 Å². The van der Waals surface area contributed by atoms with Crippen molar-refractivity contribution in [2.45, 2.75) is 27.3 Å². The average Bonchev–Trinajstić information content (AvgIpc) is 3.23. The molecule has 0 spiro atoms.